The highest BCUT2D eigenvalue weighted by Crippen LogP contribution is 2.47. The van der Waals surface area contributed by atoms with Gasteiger partial charge in [-0.25, -0.2) is 9.37 Å². The van der Waals surface area contributed by atoms with E-state index in [4.69, 9.17) is 14.3 Å². The van der Waals surface area contributed by atoms with Gasteiger partial charge in [-0.1, -0.05) is 23.4 Å². The van der Waals surface area contributed by atoms with Crippen molar-refractivity contribution in [1.29, 1.82) is 0 Å². The summed E-state index contributed by atoms with van der Waals surface area (Å²) in [7, 11) is 1.67. The number of ether oxygens (including phenoxy) is 2. The summed E-state index contributed by atoms with van der Waals surface area (Å²) >= 11 is 0. The summed E-state index contributed by atoms with van der Waals surface area (Å²) in [5, 5.41) is 4.50. The average molecular weight is 475 g/mol. The number of nitrogens with zero attached hydrogens (tertiary/aromatic N) is 4. The Morgan fingerprint density at radius 1 is 1.17 bits per heavy atom. The van der Waals surface area contributed by atoms with E-state index >= 15 is 0 Å². The number of aryl methyl sites for hydroxylation is 1. The molecule has 2 fully saturated rings. The zero-order valence-corrected chi connectivity index (χ0v) is 20.0. The van der Waals surface area contributed by atoms with Gasteiger partial charge in [-0.3, -0.25) is 0 Å². The number of oxime groups is 1. The average Bonchev–Trinajstić information content (AvgIpc) is 3.42. The topological polar surface area (TPSA) is 61.1 Å². The number of rotatable bonds is 4. The first-order valence-electron chi connectivity index (χ1n) is 11.7. The first kappa shape index (κ1) is 21.9. The molecular formula is C27H27FN4O3. The summed E-state index contributed by atoms with van der Waals surface area (Å²) in [4.78, 5) is 12.5. The van der Waals surface area contributed by atoms with Crippen molar-refractivity contribution in [2.24, 2.45) is 5.16 Å². The van der Waals surface area contributed by atoms with Gasteiger partial charge < -0.3 is 23.8 Å². The van der Waals surface area contributed by atoms with Crippen molar-refractivity contribution in [3.05, 3.63) is 83.2 Å². The molecule has 1 aromatic heterocycles. The largest absolute Gasteiger partial charge is 0.495 e. The van der Waals surface area contributed by atoms with Gasteiger partial charge in [0.25, 0.3) is 0 Å². The van der Waals surface area contributed by atoms with E-state index in [1.54, 1.807) is 25.6 Å². The molecule has 1 spiro atoms. The first-order valence-corrected chi connectivity index (χ1v) is 11.7. The standard InChI is InChI=1S/C27H27FN4O3/c1-18-15-31(17-29-18)23-9-4-19(13-24(23)33-3)12-20-14-27(10-11-34-27)16-32-25(20)30-35-26(32,2)21-5-7-22(28)8-6-21/h4-9,12-13,15,17H,10-11,14,16H2,1-3H3. The number of hydrogen-bond donors (Lipinski definition) is 0. The molecular weight excluding hydrogens is 447 g/mol. The monoisotopic (exact) mass is 474 g/mol. The van der Waals surface area contributed by atoms with Crippen molar-refractivity contribution in [2.45, 2.75) is 38.0 Å². The molecule has 0 N–H and O–H groups in total. The van der Waals surface area contributed by atoms with Crippen LogP contribution in [0.4, 0.5) is 4.39 Å². The summed E-state index contributed by atoms with van der Waals surface area (Å²) < 4.78 is 27.4. The van der Waals surface area contributed by atoms with Gasteiger partial charge >= 0.3 is 0 Å². The predicted octanol–water partition coefficient (Wildman–Crippen LogP) is 4.79. The Hall–Kier alpha value is -3.65. The third kappa shape index (κ3) is 3.60. The molecule has 6 rings (SSSR count). The van der Waals surface area contributed by atoms with E-state index in [2.05, 4.69) is 27.2 Å². The van der Waals surface area contributed by atoms with E-state index in [-0.39, 0.29) is 11.4 Å². The van der Waals surface area contributed by atoms with E-state index in [9.17, 15) is 4.39 Å². The minimum absolute atomic E-state index is 0.280. The summed E-state index contributed by atoms with van der Waals surface area (Å²) in [5.41, 5.74) is 3.62. The van der Waals surface area contributed by atoms with Gasteiger partial charge in [-0.05, 0) is 42.8 Å². The second-order valence-corrected chi connectivity index (χ2v) is 9.56. The molecule has 2 saturated heterocycles. The SMILES string of the molecule is COc1cc(C=C2CC3(CCO3)CN3C2=NOC3(C)c2ccc(F)cc2)ccc1-n1cnc(C)c1. The fraction of sp³-hybridized carbons (Fsp3) is 0.333. The van der Waals surface area contributed by atoms with Gasteiger partial charge in [0, 0.05) is 37.1 Å². The highest BCUT2D eigenvalue weighted by Gasteiger charge is 2.54. The van der Waals surface area contributed by atoms with Crippen LogP contribution in [0, 0.1) is 12.7 Å². The molecule has 0 saturated carbocycles. The van der Waals surface area contributed by atoms with Crippen LogP contribution in [0.5, 0.6) is 5.75 Å². The Morgan fingerprint density at radius 2 is 1.97 bits per heavy atom. The minimum atomic E-state index is -0.838. The molecule has 3 aliphatic heterocycles. The van der Waals surface area contributed by atoms with Crippen molar-refractivity contribution >= 4 is 11.9 Å². The number of benzene rings is 2. The first-order chi connectivity index (χ1) is 16.9. The Balaban J connectivity index is 1.37. The number of methoxy groups -OCH3 is 1. The number of aromatic nitrogens is 2. The summed E-state index contributed by atoms with van der Waals surface area (Å²) in [5.74, 6) is 1.25. The second-order valence-electron chi connectivity index (χ2n) is 9.56. The third-order valence-corrected chi connectivity index (χ3v) is 7.21. The lowest BCUT2D eigenvalue weighted by Crippen LogP contribution is -2.61. The van der Waals surface area contributed by atoms with Gasteiger partial charge in [0.1, 0.15) is 11.6 Å². The number of piperidine rings is 1. The normalized spacial score (nSPS) is 26.3. The number of fused-ring (bicyclic) bond motifs is 1. The van der Waals surface area contributed by atoms with Gasteiger partial charge in [-0.2, -0.15) is 0 Å². The van der Waals surface area contributed by atoms with Gasteiger partial charge in [-0.15, -0.1) is 0 Å². The highest BCUT2D eigenvalue weighted by atomic mass is 19.1. The van der Waals surface area contributed by atoms with E-state index < -0.39 is 5.72 Å². The predicted molar refractivity (Wildman–Crippen MR) is 130 cm³/mol. The molecule has 2 atom stereocenters. The zero-order valence-electron chi connectivity index (χ0n) is 20.0. The van der Waals surface area contributed by atoms with E-state index in [0.29, 0.717) is 6.54 Å². The summed E-state index contributed by atoms with van der Waals surface area (Å²) in [6, 6.07) is 12.5. The highest BCUT2D eigenvalue weighted by molar-refractivity contribution is 6.04. The fourth-order valence-electron chi connectivity index (χ4n) is 5.15. The molecule has 0 radical (unpaired) electrons. The van der Waals surface area contributed by atoms with E-state index in [1.165, 1.54) is 12.1 Å². The van der Waals surface area contributed by atoms with E-state index in [0.717, 1.165) is 59.1 Å². The van der Waals surface area contributed by atoms with Gasteiger partial charge in [0.05, 0.1) is 43.6 Å². The molecule has 7 nitrogen and oxygen atoms in total. The lowest BCUT2D eigenvalue weighted by molar-refractivity contribution is -0.183. The number of hydrogen-bond acceptors (Lipinski definition) is 6. The second kappa shape index (κ2) is 7.95. The van der Waals surface area contributed by atoms with Crippen molar-refractivity contribution < 1.29 is 18.7 Å². The maximum absolute atomic E-state index is 13.6. The molecule has 8 heteroatoms. The lowest BCUT2D eigenvalue weighted by atomic mass is 9.80. The molecule has 35 heavy (non-hydrogen) atoms. The quantitative estimate of drug-likeness (QED) is 0.544. The fourth-order valence-corrected chi connectivity index (χ4v) is 5.15. The zero-order chi connectivity index (χ0) is 24.2. The van der Waals surface area contributed by atoms with Crippen molar-refractivity contribution in [3.8, 4) is 11.4 Å². The van der Waals surface area contributed by atoms with Gasteiger partial charge in [0.2, 0.25) is 5.72 Å². The van der Waals surface area contributed by atoms with Crippen LogP contribution >= 0.6 is 0 Å². The van der Waals surface area contributed by atoms with E-state index in [1.807, 2.05) is 36.7 Å². The molecule has 0 bridgehead atoms. The molecule has 2 aromatic carbocycles. The third-order valence-electron chi connectivity index (χ3n) is 7.21. The number of amidine groups is 1. The van der Waals surface area contributed by atoms with Crippen LogP contribution in [0.25, 0.3) is 11.8 Å². The molecule has 3 aliphatic rings. The Labute approximate surface area is 203 Å². The molecule has 4 heterocycles. The maximum Gasteiger partial charge on any atom is 0.234 e. The Bertz CT molecular complexity index is 1340. The van der Waals surface area contributed by atoms with Crippen LogP contribution < -0.4 is 4.74 Å². The molecule has 180 valence electrons. The molecule has 2 unspecified atom stereocenters. The minimum Gasteiger partial charge on any atom is -0.495 e. The molecule has 0 aliphatic carbocycles. The molecule has 3 aromatic rings. The van der Waals surface area contributed by atoms with Gasteiger partial charge in [0.15, 0.2) is 5.84 Å². The maximum atomic E-state index is 13.6. The number of halogens is 1. The van der Waals surface area contributed by atoms with Crippen LogP contribution in [0.1, 0.15) is 36.6 Å². The van der Waals surface area contributed by atoms with Crippen molar-refractivity contribution in [3.63, 3.8) is 0 Å². The van der Waals surface area contributed by atoms with Crippen LogP contribution in [0.2, 0.25) is 0 Å². The van der Waals surface area contributed by atoms with Crippen LogP contribution in [0.3, 0.4) is 0 Å². The van der Waals surface area contributed by atoms with Crippen LogP contribution in [-0.4, -0.2) is 46.1 Å². The number of imidazole rings is 1. The lowest BCUT2D eigenvalue weighted by Gasteiger charge is -2.51. The van der Waals surface area contributed by atoms with Crippen molar-refractivity contribution in [1.82, 2.24) is 14.5 Å². The Morgan fingerprint density at radius 3 is 2.63 bits per heavy atom. The van der Waals surface area contributed by atoms with Crippen LogP contribution in [0.15, 0.2) is 65.7 Å². The summed E-state index contributed by atoms with van der Waals surface area (Å²) in [6.07, 6.45) is 7.59. The molecule has 0 amide bonds. The van der Waals surface area contributed by atoms with Crippen LogP contribution in [-0.2, 0) is 15.3 Å². The Kier molecular flexibility index (Phi) is 4.96. The van der Waals surface area contributed by atoms with Crippen molar-refractivity contribution in [2.75, 3.05) is 20.3 Å². The smallest absolute Gasteiger partial charge is 0.234 e. The summed E-state index contributed by atoms with van der Waals surface area (Å²) in [6.45, 7) is 5.34.